The Morgan fingerprint density at radius 1 is 1.07 bits per heavy atom. The molecule has 3 rings (SSSR count). The van der Waals surface area contributed by atoms with Crippen molar-refractivity contribution in [3.63, 3.8) is 0 Å². The Morgan fingerprint density at radius 2 is 1.78 bits per heavy atom. The predicted molar refractivity (Wildman–Crippen MR) is 80.1 cm³/mol. The molecule has 0 radical (unpaired) electrons. The van der Waals surface area contributed by atoms with Gasteiger partial charge in [0.1, 0.15) is 11.4 Å². The lowest BCUT2D eigenvalue weighted by molar-refractivity contribution is -0.143. The summed E-state index contributed by atoms with van der Waals surface area (Å²) in [6, 6.07) is 4.66. The van der Waals surface area contributed by atoms with Gasteiger partial charge in [-0.3, -0.25) is 4.68 Å². The predicted octanol–water partition coefficient (Wildman–Crippen LogP) is 3.77. The van der Waals surface area contributed by atoms with Crippen LogP contribution in [0.25, 0.3) is 23.0 Å². The minimum Gasteiger partial charge on any atom is -0.493 e. The van der Waals surface area contributed by atoms with Crippen LogP contribution < -0.4 is 9.47 Å². The standard InChI is InChI=1S/C15H11F5N4O3/c1-24-11(15(18,19)20)6-8(23-24)13-22-21-12(27-13)7-3-4-9(26-14(16)17)10(5-7)25-2/h3-6,14H,1-2H3. The highest BCUT2D eigenvalue weighted by Gasteiger charge is 2.35. The van der Waals surface area contributed by atoms with Gasteiger partial charge in [-0.05, 0) is 18.2 Å². The molecule has 144 valence electrons. The average Bonchev–Trinajstić information content (AvgIpc) is 3.21. The maximum absolute atomic E-state index is 12.9. The van der Waals surface area contributed by atoms with Crippen LogP contribution in [0.5, 0.6) is 11.5 Å². The summed E-state index contributed by atoms with van der Waals surface area (Å²) in [7, 11) is 2.39. The van der Waals surface area contributed by atoms with Gasteiger partial charge in [0.15, 0.2) is 11.5 Å². The molecule has 0 saturated carbocycles. The number of rotatable bonds is 5. The molecule has 1 aromatic carbocycles. The number of aryl methyl sites for hydroxylation is 1. The first-order valence-electron chi connectivity index (χ1n) is 7.27. The van der Waals surface area contributed by atoms with Gasteiger partial charge in [-0.1, -0.05) is 0 Å². The van der Waals surface area contributed by atoms with E-state index < -0.39 is 18.5 Å². The molecule has 0 unspecified atom stereocenters. The molecule has 7 nitrogen and oxygen atoms in total. The SMILES string of the molecule is COc1cc(-c2nnc(-c3cc(C(F)(F)F)n(C)n3)o2)ccc1OC(F)F. The van der Waals surface area contributed by atoms with Crippen LogP contribution >= 0.6 is 0 Å². The molecular weight excluding hydrogens is 379 g/mol. The van der Waals surface area contributed by atoms with Gasteiger partial charge >= 0.3 is 12.8 Å². The highest BCUT2D eigenvalue weighted by molar-refractivity contribution is 5.61. The van der Waals surface area contributed by atoms with Crippen molar-refractivity contribution in [3.8, 4) is 34.5 Å². The van der Waals surface area contributed by atoms with E-state index in [1.807, 2.05) is 0 Å². The zero-order valence-electron chi connectivity index (χ0n) is 13.8. The first kappa shape index (κ1) is 18.6. The quantitative estimate of drug-likeness (QED) is 0.618. The number of alkyl halides is 5. The molecule has 0 bridgehead atoms. The van der Waals surface area contributed by atoms with Crippen LogP contribution in [0.4, 0.5) is 22.0 Å². The van der Waals surface area contributed by atoms with Gasteiger partial charge < -0.3 is 13.9 Å². The lowest BCUT2D eigenvalue weighted by Crippen LogP contribution is -2.11. The highest BCUT2D eigenvalue weighted by Crippen LogP contribution is 2.35. The molecule has 0 spiro atoms. The Labute approximate surface area is 148 Å². The van der Waals surface area contributed by atoms with Crippen molar-refractivity contribution in [2.24, 2.45) is 7.05 Å². The smallest absolute Gasteiger partial charge is 0.433 e. The van der Waals surface area contributed by atoms with E-state index in [1.54, 1.807) is 0 Å². The number of ether oxygens (including phenoxy) is 2. The van der Waals surface area contributed by atoms with Crippen molar-refractivity contribution >= 4 is 0 Å². The molecule has 3 aromatic rings. The van der Waals surface area contributed by atoms with Crippen LogP contribution in [0.3, 0.4) is 0 Å². The average molecular weight is 390 g/mol. The Balaban J connectivity index is 1.92. The Bertz CT molecular complexity index is 951. The Hall–Kier alpha value is -3.18. The van der Waals surface area contributed by atoms with Crippen LogP contribution in [0.2, 0.25) is 0 Å². The third-order valence-corrected chi connectivity index (χ3v) is 3.44. The van der Waals surface area contributed by atoms with Crippen molar-refractivity contribution in [1.29, 1.82) is 0 Å². The normalized spacial score (nSPS) is 11.9. The minimum atomic E-state index is -4.59. The molecule has 0 aliphatic carbocycles. The van der Waals surface area contributed by atoms with E-state index in [0.717, 1.165) is 13.1 Å². The first-order chi connectivity index (χ1) is 12.7. The van der Waals surface area contributed by atoms with E-state index in [0.29, 0.717) is 10.2 Å². The number of nitrogens with zero attached hydrogens (tertiary/aromatic N) is 4. The summed E-state index contributed by atoms with van der Waals surface area (Å²) in [4.78, 5) is 0. The van der Waals surface area contributed by atoms with E-state index in [2.05, 4.69) is 20.0 Å². The van der Waals surface area contributed by atoms with Gasteiger partial charge in [0.2, 0.25) is 5.89 Å². The van der Waals surface area contributed by atoms with E-state index in [9.17, 15) is 22.0 Å². The number of hydrogen-bond donors (Lipinski definition) is 0. The number of methoxy groups -OCH3 is 1. The van der Waals surface area contributed by atoms with Crippen LogP contribution in [0, 0.1) is 0 Å². The van der Waals surface area contributed by atoms with Gasteiger partial charge in [-0.2, -0.15) is 27.1 Å². The lowest BCUT2D eigenvalue weighted by Gasteiger charge is -2.10. The third-order valence-electron chi connectivity index (χ3n) is 3.44. The third kappa shape index (κ3) is 3.83. The van der Waals surface area contributed by atoms with Gasteiger partial charge in [0, 0.05) is 18.7 Å². The van der Waals surface area contributed by atoms with Crippen LogP contribution in [0.15, 0.2) is 28.7 Å². The van der Waals surface area contributed by atoms with Crippen molar-refractivity contribution in [2.45, 2.75) is 12.8 Å². The number of hydrogen-bond acceptors (Lipinski definition) is 6. The van der Waals surface area contributed by atoms with Gasteiger partial charge in [-0.15, -0.1) is 10.2 Å². The summed E-state index contributed by atoms with van der Waals surface area (Å²) >= 11 is 0. The van der Waals surface area contributed by atoms with Gasteiger partial charge in [0.05, 0.1) is 7.11 Å². The summed E-state index contributed by atoms with van der Waals surface area (Å²) in [6.07, 6.45) is -4.59. The van der Waals surface area contributed by atoms with E-state index in [-0.39, 0.29) is 29.0 Å². The maximum Gasteiger partial charge on any atom is 0.433 e. The fourth-order valence-electron chi connectivity index (χ4n) is 2.27. The molecule has 0 aliphatic heterocycles. The second-order valence-corrected chi connectivity index (χ2v) is 5.19. The molecule has 2 heterocycles. The van der Waals surface area contributed by atoms with E-state index >= 15 is 0 Å². The number of aromatic nitrogens is 4. The summed E-state index contributed by atoms with van der Waals surface area (Å²) < 4.78 is 78.6. The molecule has 0 saturated heterocycles. The van der Waals surface area contributed by atoms with Crippen molar-refractivity contribution in [2.75, 3.05) is 7.11 Å². The van der Waals surface area contributed by atoms with Gasteiger partial charge in [-0.25, -0.2) is 0 Å². The van der Waals surface area contributed by atoms with Gasteiger partial charge in [0.25, 0.3) is 5.89 Å². The number of benzene rings is 1. The molecule has 0 aliphatic rings. The van der Waals surface area contributed by atoms with E-state index in [1.165, 1.54) is 25.3 Å². The number of halogens is 5. The molecule has 12 heteroatoms. The molecule has 0 atom stereocenters. The first-order valence-corrected chi connectivity index (χ1v) is 7.27. The maximum atomic E-state index is 12.9. The second-order valence-electron chi connectivity index (χ2n) is 5.19. The molecule has 2 aromatic heterocycles. The van der Waals surface area contributed by atoms with Crippen LogP contribution in [-0.4, -0.2) is 33.7 Å². The zero-order valence-corrected chi connectivity index (χ0v) is 13.8. The van der Waals surface area contributed by atoms with E-state index in [4.69, 9.17) is 9.15 Å². The minimum absolute atomic E-state index is 0.00950. The fourth-order valence-corrected chi connectivity index (χ4v) is 2.27. The molecule has 0 fully saturated rings. The fraction of sp³-hybridized carbons (Fsp3) is 0.267. The zero-order chi connectivity index (χ0) is 19.8. The monoisotopic (exact) mass is 390 g/mol. The second kappa shape index (κ2) is 6.85. The lowest BCUT2D eigenvalue weighted by atomic mass is 10.2. The topological polar surface area (TPSA) is 75.2 Å². The summed E-state index contributed by atoms with van der Waals surface area (Å²) in [5.74, 6) is -0.505. The highest BCUT2D eigenvalue weighted by atomic mass is 19.4. The summed E-state index contributed by atoms with van der Waals surface area (Å²) in [5, 5.41) is 11.1. The van der Waals surface area contributed by atoms with Crippen LogP contribution in [-0.2, 0) is 13.2 Å². The largest absolute Gasteiger partial charge is 0.493 e. The molecule has 0 N–H and O–H groups in total. The molecular formula is C15H11F5N4O3. The Morgan fingerprint density at radius 3 is 2.37 bits per heavy atom. The molecule has 0 amide bonds. The van der Waals surface area contributed by atoms with Crippen molar-refractivity contribution in [1.82, 2.24) is 20.0 Å². The summed E-state index contributed by atoms with van der Waals surface area (Å²) in [5.41, 5.74) is -0.847. The molecule has 27 heavy (non-hydrogen) atoms. The van der Waals surface area contributed by atoms with Crippen molar-refractivity contribution in [3.05, 3.63) is 30.0 Å². The van der Waals surface area contributed by atoms with Crippen molar-refractivity contribution < 1.29 is 35.8 Å². The summed E-state index contributed by atoms with van der Waals surface area (Å²) in [6.45, 7) is -3.04. The van der Waals surface area contributed by atoms with Crippen LogP contribution in [0.1, 0.15) is 5.69 Å². The Kier molecular flexibility index (Phi) is 4.72.